The van der Waals surface area contributed by atoms with Gasteiger partial charge in [0.2, 0.25) is 0 Å². The minimum atomic E-state index is 0.00379. The van der Waals surface area contributed by atoms with Gasteiger partial charge in [0.05, 0.1) is 23.5 Å². The lowest BCUT2D eigenvalue weighted by atomic mass is 9.85. The van der Waals surface area contributed by atoms with Gasteiger partial charge in [-0.1, -0.05) is 43.7 Å². The number of hydrogen-bond acceptors (Lipinski definition) is 3. The lowest BCUT2D eigenvalue weighted by Gasteiger charge is -2.23. The molecule has 2 N–H and O–H groups in total. The summed E-state index contributed by atoms with van der Waals surface area (Å²) in [5, 5.41) is 5.09. The molecule has 1 heterocycles. The number of rotatable bonds is 7. The second-order valence-electron chi connectivity index (χ2n) is 6.59. The fourth-order valence-corrected chi connectivity index (χ4v) is 3.52. The van der Waals surface area contributed by atoms with Gasteiger partial charge in [-0.05, 0) is 32.9 Å². The molecule has 1 aromatic rings. The fraction of sp³-hybridized carbons (Fsp3) is 0.812. The molecule has 2 rings (SSSR count). The van der Waals surface area contributed by atoms with Crippen LogP contribution in [0.25, 0.3) is 0 Å². The van der Waals surface area contributed by atoms with Crippen molar-refractivity contribution >= 4 is 11.6 Å². The van der Waals surface area contributed by atoms with Crippen LogP contribution in [-0.2, 0) is 6.54 Å². The lowest BCUT2D eigenvalue weighted by molar-refractivity contribution is 0.319. The molecular formula is C16H29ClN4. The van der Waals surface area contributed by atoms with Gasteiger partial charge in [-0.25, -0.2) is 0 Å². The summed E-state index contributed by atoms with van der Waals surface area (Å²) in [5.41, 5.74) is 7.41. The predicted octanol–water partition coefficient (Wildman–Crippen LogP) is 3.46. The van der Waals surface area contributed by atoms with Crippen molar-refractivity contribution in [3.63, 3.8) is 0 Å². The number of halogens is 1. The van der Waals surface area contributed by atoms with Crippen LogP contribution in [0.15, 0.2) is 6.20 Å². The van der Waals surface area contributed by atoms with Crippen LogP contribution in [0.5, 0.6) is 0 Å². The summed E-state index contributed by atoms with van der Waals surface area (Å²) in [7, 11) is 4.13. The third kappa shape index (κ3) is 4.97. The quantitative estimate of drug-likeness (QED) is 0.838. The second-order valence-corrected chi connectivity index (χ2v) is 7.00. The minimum Gasteiger partial charge on any atom is -0.323 e. The molecule has 0 saturated heterocycles. The van der Waals surface area contributed by atoms with E-state index in [0.717, 1.165) is 31.1 Å². The van der Waals surface area contributed by atoms with Gasteiger partial charge in [0.1, 0.15) is 0 Å². The molecule has 1 aliphatic carbocycles. The first-order valence-corrected chi connectivity index (χ1v) is 8.57. The Hall–Kier alpha value is -0.580. The van der Waals surface area contributed by atoms with E-state index in [1.165, 1.54) is 38.5 Å². The number of likely N-dealkylation sites (N-methyl/N-ethyl adjacent to an activating group) is 1. The van der Waals surface area contributed by atoms with Crippen molar-refractivity contribution in [2.24, 2.45) is 11.7 Å². The Kier molecular flexibility index (Phi) is 6.52. The van der Waals surface area contributed by atoms with E-state index in [2.05, 4.69) is 24.1 Å². The van der Waals surface area contributed by atoms with E-state index in [0.29, 0.717) is 5.02 Å². The maximum atomic E-state index is 6.41. The van der Waals surface area contributed by atoms with E-state index >= 15 is 0 Å². The maximum Gasteiger partial charge on any atom is 0.0834 e. The van der Waals surface area contributed by atoms with E-state index in [1.807, 2.05) is 4.68 Å². The molecule has 1 atom stereocenters. The molecule has 4 nitrogen and oxygen atoms in total. The first-order chi connectivity index (χ1) is 10.1. The molecule has 21 heavy (non-hydrogen) atoms. The normalized spacial score (nSPS) is 18.3. The smallest absolute Gasteiger partial charge is 0.0834 e. The molecule has 0 aliphatic heterocycles. The molecule has 1 unspecified atom stereocenters. The van der Waals surface area contributed by atoms with Gasteiger partial charge < -0.3 is 10.6 Å². The monoisotopic (exact) mass is 312 g/mol. The Morgan fingerprint density at radius 2 is 2.10 bits per heavy atom. The Labute approximate surface area is 133 Å². The average Bonchev–Trinajstić information content (AvgIpc) is 2.85. The Morgan fingerprint density at radius 3 is 2.76 bits per heavy atom. The van der Waals surface area contributed by atoms with Crippen molar-refractivity contribution in [3.8, 4) is 0 Å². The minimum absolute atomic E-state index is 0.00379. The molecule has 0 amide bonds. The zero-order chi connectivity index (χ0) is 15.2. The molecule has 1 fully saturated rings. The van der Waals surface area contributed by atoms with Crippen molar-refractivity contribution in [2.75, 3.05) is 20.6 Å². The number of nitrogens with two attached hydrogens (primary N) is 1. The molecule has 120 valence electrons. The topological polar surface area (TPSA) is 47.1 Å². The summed E-state index contributed by atoms with van der Waals surface area (Å²) in [6.07, 6.45) is 10.9. The van der Waals surface area contributed by atoms with Gasteiger partial charge in [0, 0.05) is 12.6 Å². The summed E-state index contributed by atoms with van der Waals surface area (Å²) < 4.78 is 1.98. The standard InChI is InChI=1S/C16H29ClN4/c1-20(2)10-11-21-16(14(17)12-19-21)15(18)9-8-13-6-4-3-5-7-13/h12-13,15H,3-11,18H2,1-2H3. The van der Waals surface area contributed by atoms with Crippen molar-refractivity contribution in [1.82, 2.24) is 14.7 Å². The molecule has 1 aromatic heterocycles. The first-order valence-electron chi connectivity index (χ1n) is 8.19. The first kappa shape index (κ1) is 16.8. The highest BCUT2D eigenvalue weighted by Gasteiger charge is 2.20. The summed E-state index contributed by atoms with van der Waals surface area (Å²) in [5.74, 6) is 0.863. The molecule has 0 spiro atoms. The zero-order valence-corrected chi connectivity index (χ0v) is 14.1. The SMILES string of the molecule is CN(C)CCn1ncc(Cl)c1C(N)CCC1CCCCC1. The summed E-state index contributed by atoms with van der Waals surface area (Å²) in [6.45, 7) is 1.78. The van der Waals surface area contributed by atoms with E-state index in [4.69, 9.17) is 17.3 Å². The number of hydrogen-bond donors (Lipinski definition) is 1. The predicted molar refractivity (Wildman–Crippen MR) is 88.5 cm³/mol. The van der Waals surface area contributed by atoms with Gasteiger partial charge in [0.15, 0.2) is 0 Å². The molecule has 0 bridgehead atoms. The maximum absolute atomic E-state index is 6.41. The molecule has 5 heteroatoms. The lowest BCUT2D eigenvalue weighted by Crippen LogP contribution is -2.23. The van der Waals surface area contributed by atoms with E-state index in [9.17, 15) is 0 Å². The summed E-state index contributed by atoms with van der Waals surface area (Å²) in [4.78, 5) is 2.15. The van der Waals surface area contributed by atoms with E-state index in [1.54, 1.807) is 6.20 Å². The largest absolute Gasteiger partial charge is 0.323 e. The highest BCUT2D eigenvalue weighted by Crippen LogP contribution is 2.31. The van der Waals surface area contributed by atoms with Crippen LogP contribution < -0.4 is 5.73 Å². The van der Waals surface area contributed by atoms with Crippen molar-refractivity contribution in [3.05, 3.63) is 16.9 Å². The highest BCUT2D eigenvalue weighted by atomic mass is 35.5. The van der Waals surface area contributed by atoms with Gasteiger partial charge in [-0.15, -0.1) is 0 Å². The van der Waals surface area contributed by atoms with Crippen molar-refractivity contribution < 1.29 is 0 Å². The van der Waals surface area contributed by atoms with Crippen LogP contribution in [0.2, 0.25) is 5.02 Å². The second kappa shape index (κ2) is 8.16. The summed E-state index contributed by atoms with van der Waals surface area (Å²) >= 11 is 6.30. The Morgan fingerprint density at radius 1 is 1.38 bits per heavy atom. The van der Waals surface area contributed by atoms with E-state index in [-0.39, 0.29) is 6.04 Å². The zero-order valence-electron chi connectivity index (χ0n) is 13.4. The van der Waals surface area contributed by atoms with Crippen LogP contribution in [-0.4, -0.2) is 35.3 Å². The van der Waals surface area contributed by atoms with Crippen molar-refractivity contribution in [2.45, 2.75) is 57.5 Å². The van der Waals surface area contributed by atoms with Gasteiger partial charge in [-0.2, -0.15) is 5.10 Å². The summed E-state index contributed by atoms with van der Waals surface area (Å²) in [6, 6.07) is 0.00379. The van der Waals surface area contributed by atoms with E-state index < -0.39 is 0 Å². The van der Waals surface area contributed by atoms with Crippen LogP contribution in [0.1, 0.15) is 56.7 Å². The molecular weight excluding hydrogens is 284 g/mol. The van der Waals surface area contributed by atoms with Crippen LogP contribution in [0, 0.1) is 5.92 Å². The fourth-order valence-electron chi connectivity index (χ4n) is 3.24. The molecule has 0 aromatic carbocycles. The third-order valence-electron chi connectivity index (χ3n) is 4.55. The van der Waals surface area contributed by atoms with Crippen LogP contribution >= 0.6 is 11.6 Å². The van der Waals surface area contributed by atoms with Gasteiger partial charge in [0.25, 0.3) is 0 Å². The Bertz CT molecular complexity index is 424. The molecule has 1 saturated carbocycles. The number of nitrogens with zero attached hydrogens (tertiary/aromatic N) is 3. The average molecular weight is 313 g/mol. The third-order valence-corrected chi connectivity index (χ3v) is 4.85. The van der Waals surface area contributed by atoms with Crippen molar-refractivity contribution in [1.29, 1.82) is 0 Å². The molecule has 0 radical (unpaired) electrons. The Balaban J connectivity index is 1.91. The number of aromatic nitrogens is 2. The van der Waals surface area contributed by atoms with Crippen LogP contribution in [0.3, 0.4) is 0 Å². The van der Waals surface area contributed by atoms with Gasteiger partial charge in [-0.3, -0.25) is 4.68 Å². The molecule has 1 aliphatic rings. The van der Waals surface area contributed by atoms with Gasteiger partial charge >= 0.3 is 0 Å². The van der Waals surface area contributed by atoms with Crippen LogP contribution in [0.4, 0.5) is 0 Å². The highest BCUT2D eigenvalue weighted by molar-refractivity contribution is 6.31.